The molecule has 0 amide bonds. The fourth-order valence-electron chi connectivity index (χ4n) is 3.76. The van der Waals surface area contributed by atoms with Crippen LogP contribution < -0.4 is 4.90 Å². The number of aryl methyl sites for hydroxylation is 1. The number of aromatic nitrogens is 1. The fraction of sp³-hybridized carbons (Fsp3) is 0.250. The second-order valence-electron chi connectivity index (χ2n) is 7.45. The summed E-state index contributed by atoms with van der Waals surface area (Å²) in [6.45, 7) is 4.11. The van der Waals surface area contributed by atoms with Crippen LogP contribution in [0.1, 0.15) is 23.1 Å². The number of hydrogen-bond acceptors (Lipinski definition) is 4. The Morgan fingerprint density at radius 2 is 1.75 bits per heavy atom. The van der Waals surface area contributed by atoms with Gasteiger partial charge in [-0.3, -0.25) is 0 Å². The predicted octanol–water partition coefficient (Wildman–Crippen LogP) is 4.96. The lowest BCUT2D eigenvalue weighted by Crippen LogP contribution is -2.25. The number of benzene rings is 2. The molecule has 0 unspecified atom stereocenters. The summed E-state index contributed by atoms with van der Waals surface area (Å²) in [5, 5.41) is 0. The molecule has 0 atom stereocenters. The van der Waals surface area contributed by atoms with Crippen molar-refractivity contribution in [3.8, 4) is 0 Å². The number of nitrogens with zero attached hydrogens (tertiary/aromatic N) is 4. The first-order chi connectivity index (χ1) is 13.6. The van der Waals surface area contributed by atoms with Gasteiger partial charge in [0.15, 0.2) is 5.82 Å². The molecule has 4 nitrogen and oxygen atoms in total. The average Bonchev–Trinajstić information content (AvgIpc) is 2.84. The molecular weight excluding hydrogens is 344 g/mol. The molecule has 4 rings (SSSR count). The normalized spacial score (nSPS) is 13.0. The van der Waals surface area contributed by atoms with E-state index >= 15 is 0 Å². The Balaban J connectivity index is 1.90. The van der Waals surface area contributed by atoms with Crippen LogP contribution in [0.2, 0.25) is 0 Å². The molecule has 0 spiro atoms. The van der Waals surface area contributed by atoms with Crippen LogP contribution in [0.25, 0.3) is 0 Å². The lowest BCUT2D eigenvalue weighted by Gasteiger charge is -2.27. The maximum atomic E-state index is 5.09. The third kappa shape index (κ3) is 3.56. The molecule has 3 aromatic rings. The Hall–Kier alpha value is -2.98. The van der Waals surface area contributed by atoms with Gasteiger partial charge in [-0.2, -0.15) is 0 Å². The topological polar surface area (TPSA) is 31.7 Å². The van der Waals surface area contributed by atoms with Gasteiger partial charge < -0.3 is 9.80 Å². The quantitative estimate of drug-likeness (QED) is 0.636. The minimum atomic E-state index is 0.900. The molecule has 0 aliphatic carbocycles. The van der Waals surface area contributed by atoms with Gasteiger partial charge in [0, 0.05) is 23.9 Å². The van der Waals surface area contributed by atoms with E-state index in [0.29, 0.717) is 0 Å². The SMILES string of the molecule is Cc1cccc2c1N(CCCN(C)C)c1ncccc1N=C2c1ccccc1. The van der Waals surface area contributed by atoms with E-state index in [0.717, 1.165) is 47.9 Å². The molecule has 0 saturated carbocycles. The maximum Gasteiger partial charge on any atom is 0.159 e. The molecule has 2 aromatic carbocycles. The van der Waals surface area contributed by atoms with Crippen molar-refractivity contribution in [2.75, 3.05) is 32.1 Å². The number of fused-ring (bicyclic) bond motifs is 2. The Labute approximate surface area is 167 Å². The summed E-state index contributed by atoms with van der Waals surface area (Å²) in [5.41, 5.74) is 6.66. The van der Waals surface area contributed by atoms with E-state index in [4.69, 9.17) is 9.98 Å². The second-order valence-corrected chi connectivity index (χ2v) is 7.45. The molecule has 1 aliphatic heterocycles. The third-order valence-corrected chi connectivity index (χ3v) is 5.05. The average molecular weight is 371 g/mol. The Morgan fingerprint density at radius 1 is 0.929 bits per heavy atom. The van der Waals surface area contributed by atoms with Gasteiger partial charge in [-0.15, -0.1) is 0 Å². The van der Waals surface area contributed by atoms with Crippen molar-refractivity contribution in [2.24, 2.45) is 4.99 Å². The molecule has 0 radical (unpaired) electrons. The van der Waals surface area contributed by atoms with Crippen LogP contribution in [0.3, 0.4) is 0 Å². The number of pyridine rings is 1. The van der Waals surface area contributed by atoms with Gasteiger partial charge >= 0.3 is 0 Å². The number of aliphatic imine (C=N–C) groups is 1. The highest BCUT2D eigenvalue weighted by atomic mass is 15.2. The third-order valence-electron chi connectivity index (χ3n) is 5.05. The van der Waals surface area contributed by atoms with E-state index < -0.39 is 0 Å². The van der Waals surface area contributed by atoms with Crippen molar-refractivity contribution in [3.63, 3.8) is 0 Å². The number of para-hydroxylation sites is 1. The Morgan fingerprint density at radius 3 is 2.54 bits per heavy atom. The minimum Gasteiger partial charge on any atom is -0.324 e. The maximum absolute atomic E-state index is 5.09. The fourth-order valence-corrected chi connectivity index (χ4v) is 3.76. The van der Waals surface area contributed by atoms with Gasteiger partial charge in [0.05, 0.1) is 11.4 Å². The van der Waals surface area contributed by atoms with E-state index in [-0.39, 0.29) is 0 Å². The summed E-state index contributed by atoms with van der Waals surface area (Å²) in [6, 6.07) is 20.9. The standard InChI is InChI=1S/C24H26N4/c1-18-10-7-13-20-22(19-11-5-4-6-12-19)26-21-14-8-15-25-24(21)28(23(18)20)17-9-16-27(2)3/h4-8,10-15H,9,16-17H2,1-3H3. The molecule has 0 bridgehead atoms. The summed E-state index contributed by atoms with van der Waals surface area (Å²) in [4.78, 5) is 14.4. The monoisotopic (exact) mass is 370 g/mol. The summed E-state index contributed by atoms with van der Waals surface area (Å²) in [5.74, 6) is 0.933. The number of rotatable bonds is 5. The van der Waals surface area contributed by atoms with Crippen molar-refractivity contribution >= 4 is 22.9 Å². The van der Waals surface area contributed by atoms with Crippen LogP contribution in [0.15, 0.2) is 71.9 Å². The molecule has 2 heterocycles. The van der Waals surface area contributed by atoms with Gasteiger partial charge in [0.25, 0.3) is 0 Å². The van der Waals surface area contributed by atoms with Crippen LogP contribution in [0.5, 0.6) is 0 Å². The number of anilines is 2. The molecular formula is C24H26N4. The summed E-state index contributed by atoms with van der Waals surface area (Å²) >= 11 is 0. The van der Waals surface area contributed by atoms with E-state index in [9.17, 15) is 0 Å². The highest BCUT2D eigenvalue weighted by Gasteiger charge is 2.25. The zero-order valence-corrected chi connectivity index (χ0v) is 16.8. The van der Waals surface area contributed by atoms with Crippen molar-refractivity contribution in [2.45, 2.75) is 13.3 Å². The molecule has 28 heavy (non-hydrogen) atoms. The van der Waals surface area contributed by atoms with Crippen LogP contribution in [-0.2, 0) is 0 Å². The predicted molar refractivity (Wildman–Crippen MR) is 117 cm³/mol. The lowest BCUT2D eigenvalue weighted by molar-refractivity contribution is 0.402. The van der Waals surface area contributed by atoms with Crippen molar-refractivity contribution in [3.05, 3.63) is 83.6 Å². The van der Waals surface area contributed by atoms with Crippen molar-refractivity contribution in [1.29, 1.82) is 0 Å². The van der Waals surface area contributed by atoms with Gasteiger partial charge in [0.2, 0.25) is 0 Å². The van der Waals surface area contributed by atoms with Crippen LogP contribution in [-0.4, -0.2) is 42.8 Å². The van der Waals surface area contributed by atoms with Gasteiger partial charge in [-0.1, -0.05) is 48.5 Å². The minimum absolute atomic E-state index is 0.900. The van der Waals surface area contributed by atoms with Crippen molar-refractivity contribution in [1.82, 2.24) is 9.88 Å². The summed E-state index contributed by atoms with van der Waals surface area (Å²) in [6.07, 6.45) is 2.91. The lowest BCUT2D eigenvalue weighted by atomic mass is 9.97. The van der Waals surface area contributed by atoms with E-state index in [1.807, 2.05) is 18.3 Å². The zero-order valence-electron chi connectivity index (χ0n) is 16.8. The van der Waals surface area contributed by atoms with Gasteiger partial charge in [-0.25, -0.2) is 9.98 Å². The molecule has 142 valence electrons. The van der Waals surface area contributed by atoms with Crippen LogP contribution in [0, 0.1) is 6.92 Å². The van der Waals surface area contributed by atoms with Crippen LogP contribution in [0.4, 0.5) is 17.2 Å². The molecule has 1 aromatic heterocycles. The van der Waals surface area contributed by atoms with Crippen LogP contribution >= 0.6 is 0 Å². The molecule has 0 N–H and O–H groups in total. The Kier molecular flexibility index (Phi) is 5.22. The van der Waals surface area contributed by atoms with Gasteiger partial charge in [-0.05, 0) is 51.7 Å². The highest BCUT2D eigenvalue weighted by Crippen LogP contribution is 2.40. The molecule has 0 fully saturated rings. The Bertz CT molecular complexity index is 992. The molecule has 0 saturated heterocycles. The van der Waals surface area contributed by atoms with Crippen molar-refractivity contribution < 1.29 is 0 Å². The van der Waals surface area contributed by atoms with E-state index in [1.165, 1.54) is 11.3 Å². The first-order valence-electron chi connectivity index (χ1n) is 9.76. The van der Waals surface area contributed by atoms with Gasteiger partial charge in [0.1, 0.15) is 5.69 Å². The summed E-state index contributed by atoms with van der Waals surface area (Å²) in [7, 11) is 4.23. The smallest absolute Gasteiger partial charge is 0.159 e. The zero-order chi connectivity index (χ0) is 19.5. The largest absolute Gasteiger partial charge is 0.324 e. The second kappa shape index (κ2) is 7.95. The van der Waals surface area contributed by atoms with E-state index in [2.05, 4.69) is 79.3 Å². The number of hydrogen-bond donors (Lipinski definition) is 0. The molecule has 4 heteroatoms. The summed E-state index contributed by atoms with van der Waals surface area (Å²) < 4.78 is 0. The molecule has 1 aliphatic rings. The first kappa shape index (κ1) is 18.4. The highest BCUT2D eigenvalue weighted by molar-refractivity contribution is 6.18. The van der Waals surface area contributed by atoms with E-state index in [1.54, 1.807) is 0 Å². The first-order valence-corrected chi connectivity index (χ1v) is 9.76.